The van der Waals surface area contributed by atoms with Gasteiger partial charge in [0.25, 0.3) is 0 Å². The minimum Gasteiger partial charge on any atom is -0.497 e. The number of rotatable bonds is 16. The molecule has 1 nitrogen and oxygen atoms in total. The molecule has 0 aliphatic carbocycles. The van der Waals surface area contributed by atoms with Gasteiger partial charge in [0.1, 0.15) is 5.75 Å². The first kappa shape index (κ1) is 86.7. The van der Waals surface area contributed by atoms with Crippen LogP contribution < -0.4 is 4.74 Å². The molecule has 0 aromatic heterocycles. The Kier molecular flexibility index (Phi) is 21.3. The number of benzene rings is 29. The lowest BCUT2D eigenvalue weighted by molar-refractivity contribution is 0.415. The van der Waals surface area contributed by atoms with E-state index >= 15 is 0 Å². The van der Waals surface area contributed by atoms with Crippen molar-refractivity contribution in [2.45, 2.75) is 0 Å². The summed E-state index contributed by atoms with van der Waals surface area (Å²) in [6, 6.07) is 205. The zero-order valence-corrected chi connectivity index (χ0v) is 81.4. The fraction of sp³-hybridized carbons (Fsp3) is 0.00680. The van der Waals surface area contributed by atoms with Gasteiger partial charge in [0.2, 0.25) is 0 Å². The van der Waals surface area contributed by atoms with E-state index in [4.69, 9.17) is 4.74 Å². The van der Waals surface area contributed by atoms with Crippen LogP contribution in [-0.4, -0.2) is 7.11 Å². The lowest BCUT2D eigenvalue weighted by atomic mass is 9.81. The minimum absolute atomic E-state index is 0.841. The maximum absolute atomic E-state index is 5.66. The van der Waals surface area contributed by atoms with Crippen LogP contribution in [-0.2, 0) is 0 Å². The summed E-state index contributed by atoms with van der Waals surface area (Å²) in [5.74, 6) is 0.841. The van der Waals surface area contributed by atoms with Crippen molar-refractivity contribution in [3.63, 3.8) is 0 Å². The molecule has 0 aliphatic rings. The van der Waals surface area contributed by atoms with Gasteiger partial charge in [0.15, 0.2) is 0 Å². The van der Waals surface area contributed by atoms with Crippen molar-refractivity contribution in [3.05, 3.63) is 552 Å². The van der Waals surface area contributed by atoms with E-state index in [1.807, 2.05) is 0 Å². The highest BCUT2D eigenvalue weighted by molar-refractivity contribution is 6.34. The molecule has 0 saturated heterocycles. The van der Waals surface area contributed by atoms with Crippen LogP contribution in [0.2, 0.25) is 0 Å². The zero-order valence-electron chi connectivity index (χ0n) is 81.4. The molecule has 0 saturated carbocycles. The van der Waals surface area contributed by atoms with Crippen LogP contribution in [0.15, 0.2) is 552 Å². The predicted molar refractivity (Wildman–Crippen MR) is 633 cm³/mol. The molecule has 0 spiro atoms. The van der Waals surface area contributed by atoms with Crippen LogP contribution >= 0.6 is 0 Å². The van der Waals surface area contributed by atoms with Gasteiger partial charge >= 0.3 is 0 Å². The highest BCUT2D eigenvalue weighted by Crippen LogP contribution is 2.54. The average molecular weight is 1880 g/mol. The van der Waals surface area contributed by atoms with Gasteiger partial charge in [-0.1, -0.05) is 479 Å². The molecule has 0 amide bonds. The second-order valence-corrected chi connectivity index (χ2v) is 39.5. The maximum atomic E-state index is 5.66. The second-order valence-electron chi connectivity index (χ2n) is 39.5. The zero-order chi connectivity index (χ0) is 97.8. The molecule has 29 rings (SSSR count). The third-order valence-corrected chi connectivity index (χ3v) is 31.2. The van der Waals surface area contributed by atoms with Crippen molar-refractivity contribution in [2.24, 2.45) is 0 Å². The fourth-order valence-electron chi connectivity index (χ4n) is 23.5. The summed E-state index contributed by atoms with van der Waals surface area (Å²) in [5, 5.41) is 30.0. The van der Waals surface area contributed by atoms with Gasteiger partial charge in [-0.15, -0.1) is 0 Å². The fourth-order valence-corrected chi connectivity index (χ4v) is 23.5. The number of hydrogen-bond donors (Lipinski definition) is 0. The van der Waals surface area contributed by atoms with Gasteiger partial charge < -0.3 is 4.74 Å². The van der Waals surface area contributed by atoms with E-state index in [-0.39, 0.29) is 0 Å². The Bertz CT molecular complexity index is 9960. The second kappa shape index (κ2) is 36.3. The van der Waals surface area contributed by atoms with E-state index in [0.717, 1.165) is 11.3 Å². The van der Waals surface area contributed by atoms with E-state index in [2.05, 4.69) is 552 Å². The Labute approximate surface area is 859 Å². The molecule has 0 unspecified atom stereocenters. The molecule has 0 aliphatic heterocycles. The normalized spacial score (nSPS) is 11.7. The first-order valence-electron chi connectivity index (χ1n) is 51.2. The highest BCUT2D eigenvalue weighted by atomic mass is 16.5. The van der Waals surface area contributed by atoms with Crippen molar-refractivity contribution in [3.8, 4) is 173 Å². The molecule has 0 N–H and O–H groups in total. The lowest BCUT2D eigenvalue weighted by Gasteiger charge is -2.22. The molecule has 0 fully saturated rings. The van der Waals surface area contributed by atoms with E-state index in [1.165, 1.54) is 291 Å². The molecular formula is C147H94O. The van der Waals surface area contributed by atoms with Crippen molar-refractivity contribution in [2.75, 3.05) is 7.11 Å². The summed E-state index contributed by atoms with van der Waals surface area (Å²) < 4.78 is 5.66. The van der Waals surface area contributed by atoms with Gasteiger partial charge in [-0.25, -0.2) is 0 Å². The molecule has 0 atom stereocenters. The summed E-state index contributed by atoms with van der Waals surface area (Å²) in [6.07, 6.45) is 0. The van der Waals surface area contributed by atoms with E-state index in [9.17, 15) is 0 Å². The molecular weight excluding hydrogens is 1780 g/mol. The quantitative estimate of drug-likeness (QED) is 0.0876. The molecule has 148 heavy (non-hydrogen) atoms. The largest absolute Gasteiger partial charge is 0.497 e. The third kappa shape index (κ3) is 15.5. The van der Waals surface area contributed by atoms with Crippen molar-refractivity contribution < 1.29 is 4.74 Å². The van der Waals surface area contributed by atoms with Crippen LogP contribution in [0.25, 0.3) is 296 Å². The summed E-state index contributed by atoms with van der Waals surface area (Å²) in [5.41, 5.74) is 36.1. The number of ether oxygens (including phenoxy) is 1. The first-order valence-corrected chi connectivity index (χ1v) is 51.2. The van der Waals surface area contributed by atoms with E-state index in [1.54, 1.807) is 7.11 Å². The Hall–Kier alpha value is -19.2. The van der Waals surface area contributed by atoms with E-state index < -0.39 is 0 Å². The Balaban J connectivity index is 0.000000143. The summed E-state index contributed by atoms with van der Waals surface area (Å²) in [4.78, 5) is 0. The van der Waals surface area contributed by atoms with Crippen molar-refractivity contribution in [1.29, 1.82) is 0 Å². The minimum atomic E-state index is 0.841. The van der Waals surface area contributed by atoms with Gasteiger partial charge in [-0.3, -0.25) is 0 Å². The lowest BCUT2D eigenvalue weighted by Crippen LogP contribution is -1.95. The summed E-state index contributed by atoms with van der Waals surface area (Å²) in [6.45, 7) is 0. The van der Waals surface area contributed by atoms with Crippen molar-refractivity contribution in [1.82, 2.24) is 0 Å². The molecule has 0 bridgehead atoms. The van der Waals surface area contributed by atoms with Crippen LogP contribution in [0.3, 0.4) is 0 Å². The molecule has 688 valence electrons. The SMILES string of the molecule is COc1ccc(-c2cc(-c3ccc(-c4ccc5ccccc5c4)cc3)c3ccc4c(-c5ccc(-c6ccc7ccccc7c6)cc5)cc(-c5ccc(-c6ccc7ccccc7c6)cc5)c5ccc2c3c54)cc1.c1ccc(-c2ccccc2-c2cc(-c3ccc(-c4ccc5ccccc5c4)cc3)c3ccc4c(-c5ccc(-c6ccc7ccccc7c6)cc5)cc(-c5ccc(-c6ccc7ccccc7c6)cc5)c5ccc2c3c45)cc1. The summed E-state index contributed by atoms with van der Waals surface area (Å²) >= 11 is 0. The highest BCUT2D eigenvalue weighted by Gasteiger charge is 2.27. The van der Waals surface area contributed by atoms with Gasteiger partial charge in [-0.05, 0) is 369 Å². The van der Waals surface area contributed by atoms with E-state index in [0.29, 0.717) is 0 Å². The monoisotopic (exact) mass is 1870 g/mol. The number of hydrogen-bond acceptors (Lipinski definition) is 1. The summed E-state index contributed by atoms with van der Waals surface area (Å²) in [7, 11) is 1.73. The molecule has 0 heterocycles. The van der Waals surface area contributed by atoms with Crippen molar-refractivity contribution >= 4 is 129 Å². The van der Waals surface area contributed by atoms with Crippen LogP contribution in [0.5, 0.6) is 5.75 Å². The van der Waals surface area contributed by atoms with Crippen LogP contribution in [0.1, 0.15) is 0 Å². The smallest absolute Gasteiger partial charge is 0.118 e. The average Bonchev–Trinajstić information content (AvgIpc) is 0.706. The van der Waals surface area contributed by atoms with Gasteiger partial charge in [0, 0.05) is 0 Å². The molecule has 1 heteroatoms. The Morgan fingerprint density at radius 3 is 0.486 bits per heavy atom. The van der Waals surface area contributed by atoms with Gasteiger partial charge in [-0.2, -0.15) is 0 Å². The number of fused-ring (bicyclic) bond motifs is 6. The standard InChI is InChI=1S/C76H48.C71H46O/c1-2-15-55(16-3-1)65-20-10-11-21-66(65)74-48-73(58-35-26-54(27-36-58)64-39-30-51-14-6-9-19-61(51)46-64)69-41-40-67-71(56-31-22-52(23-32-56)62-37-28-49-12-4-7-17-59(49)44-62)47-72(68-42-43-70(74)76(69)75(67)68)57-33-24-53(25-34-57)63-38-29-50-13-5-8-18-60(50)45-63;1-72-61-34-32-54(33-35-61)69-44-68(53-27-18-50(19-28-53)60-31-22-47-10-4-7-13-57(47)42-60)64-37-36-62-66(51-23-14-48(15-24-51)58-29-20-45-8-2-5-11-55(45)40-58)43-67(63-38-39-65(69)71(64)70(62)63)52-25-16-49(17-26-52)59-30-21-46-9-3-6-12-56(46)41-59/h1-48H;2-44H,1H3. The third-order valence-electron chi connectivity index (χ3n) is 31.2. The van der Waals surface area contributed by atoms with Crippen LogP contribution in [0, 0.1) is 0 Å². The van der Waals surface area contributed by atoms with Gasteiger partial charge in [0.05, 0.1) is 7.11 Å². The topological polar surface area (TPSA) is 9.23 Å². The van der Waals surface area contributed by atoms with Crippen LogP contribution in [0.4, 0.5) is 0 Å². The number of methoxy groups -OCH3 is 1. The first-order chi connectivity index (χ1) is 73.2. The predicted octanol–water partition coefficient (Wildman–Crippen LogP) is 41.1. The Morgan fingerprint density at radius 2 is 0.264 bits per heavy atom. The molecule has 29 aromatic carbocycles. The maximum Gasteiger partial charge on any atom is 0.118 e. The Morgan fingerprint density at radius 1 is 0.101 bits per heavy atom. The molecule has 29 aromatic rings. The molecule has 0 radical (unpaired) electrons.